The molecular formula is C13H12N2O. The molecular weight excluding hydrogens is 200 g/mol. The van der Waals surface area contributed by atoms with Crippen LogP contribution in [0.1, 0.15) is 11.3 Å². The number of aromatic nitrogens is 1. The van der Waals surface area contributed by atoms with Crippen molar-refractivity contribution in [3.05, 3.63) is 47.4 Å². The van der Waals surface area contributed by atoms with E-state index in [1.807, 2.05) is 24.3 Å². The van der Waals surface area contributed by atoms with Crippen LogP contribution in [0.15, 0.2) is 36.1 Å². The van der Waals surface area contributed by atoms with Crippen molar-refractivity contribution < 1.29 is 5.11 Å². The lowest BCUT2D eigenvalue weighted by Gasteiger charge is -1.96. The fraction of sp³-hybridized carbons (Fsp3) is 0.0769. The molecule has 0 fully saturated rings. The number of aliphatic hydroxyl groups is 1. The summed E-state index contributed by atoms with van der Waals surface area (Å²) in [7, 11) is 0. The van der Waals surface area contributed by atoms with E-state index in [0.717, 1.165) is 28.7 Å². The Bertz CT molecular complexity index is 620. The van der Waals surface area contributed by atoms with Crippen LogP contribution in [0.3, 0.4) is 0 Å². The van der Waals surface area contributed by atoms with Gasteiger partial charge in [-0.2, -0.15) is 0 Å². The minimum atomic E-state index is 0.267. The molecule has 1 aromatic heterocycles. The summed E-state index contributed by atoms with van der Waals surface area (Å²) in [4.78, 5) is 3.25. The molecule has 0 amide bonds. The van der Waals surface area contributed by atoms with Crippen molar-refractivity contribution in [2.75, 3.05) is 5.73 Å². The molecule has 80 valence electrons. The van der Waals surface area contributed by atoms with Crippen molar-refractivity contribution >= 4 is 22.7 Å². The van der Waals surface area contributed by atoms with E-state index >= 15 is 0 Å². The highest BCUT2D eigenvalue weighted by molar-refractivity contribution is 5.95. The van der Waals surface area contributed by atoms with Crippen LogP contribution in [-0.2, 0) is 6.42 Å². The first-order valence-corrected chi connectivity index (χ1v) is 5.22. The second-order valence-electron chi connectivity index (χ2n) is 3.96. The first-order chi connectivity index (χ1) is 7.75. The van der Waals surface area contributed by atoms with Gasteiger partial charge in [-0.1, -0.05) is 18.2 Å². The average Bonchev–Trinajstić information content (AvgIpc) is 2.49. The molecule has 1 aromatic carbocycles. The smallest absolute Gasteiger partial charge is 0.117 e. The molecule has 0 radical (unpaired) electrons. The molecule has 1 heterocycles. The molecule has 0 atom stereocenters. The van der Waals surface area contributed by atoms with E-state index in [2.05, 4.69) is 4.98 Å². The molecule has 3 rings (SSSR count). The Labute approximate surface area is 92.9 Å². The molecule has 0 saturated carbocycles. The number of nitrogens with one attached hydrogen (secondary N) is 1. The highest BCUT2D eigenvalue weighted by Crippen LogP contribution is 2.29. The lowest BCUT2D eigenvalue weighted by Crippen LogP contribution is -1.85. The number of H-pyrrole nitrogens is 1. The standard InChI is InChI=1S/C13H12N2O/c14-11-6-2-5-10-9-4-1-3-8(16)7-12(9)15-13(10)11/h1-3,5-7,15-16H,4,14H2. The van der Waals surface area contributed by atoms with Gasteiger partial charge in [0.05, 0.1) is 11.2 Å². The monoisotopic (exact) mass is 212 g/mol. The van der Waals surface area contributed by atoms with Crippen LogP contribution in [-0.4, -0.2) is 10.1 Å². The Balaban J connectivity index is 2.37. The van der Waals surface area contributed by atoms with Gasteiger partial charge in [0.25, 0.3) is 0 Å². The molecule has 3 nitrogen and oxygen atoms in total. The number of rotatable bonds is 0. The summed E-state index contributed by atoms with van der Waals surface area (Å²) in [6.07, 6.45) is 6.21. The molecule has 1 aliphatic rings. The summed E-state index contributed by atoms with van der Waals surface area (Å²) in [6, 6.07) is 5.87. The molecule has 16 heavy (non-hydrogen) atoms. The van der Waals surface area contributed by atoms with Crippen LogP contribution in [0.25, 0.3) is 17.0 Å². The van der Waals surface area contributed by atoms with Crippen LogP contribution in [0.4, 0.5) is 5.69 Å². The zero-order chi connectivity index (χ0) is 11.1. The van der Waals surface area contributed by atoms with Gasteiger partial charge in [0.1, 0.15) is 5.76 Å². The number of allylic oxidation sites excluding steroid dienone is 2. The number of para-hydroxylation sites is 1. The Morgan fingerprint density at radius 3 is 3.06 bits per heavy atom. The molecule has 0 bridgehead atoms. The van der Waals surface area contributed by atoms with Crippen molar-refractivity contribution in [2.45, 2.75) is 6.42 Å². The second kappa shape index (κ2) is 3.17. The lowest BCUT2D eigenvalue weighted by molar-refractivity contribution is 0.437. The fourth-order valence-corrected chi connectivity index (χ4v) is 2.15. The van der Waals surface area contributed by atoms with Crippen molar-refractivity contribution in [3.63, 3.8) is 0 Å². The minimum Gasteiger partial charge on any atom is -0.508 e. The normalized spacial score (nSPS) is 14.6. The van der Waals surface area contributed by atoms with Gasteiger partial charge in [0.15, 0.2) is 0 Å². The van der Waals surface area contributed by atoms with Gasteiger partial charge >= 0.3 is 0 Å². The Hall–Kier alpha value is -2.16. The number of nitrogen functional groups attached to an aromatic ring is 1. The van der Waals surface area contributed by atoms with Crippen LogP contribution in [0.5, 0.6) is 0 Å². The summed E-state index contributed by atoms with van der Waals surface area (Å²) in [5.74, 6) is 0.267. The van der Waals surface area contributed by atoms with Crippen molar-refractivity contribution in [3.8, 4) is 0 Å². The van der Waals surface area contributed by atoms with Crippen LogP contribution in [0, 0.1) is 0 Å². The van der Waals surface area contributed by atoms with Gasteiger partial charge < -0.3 is 15.8 Å². The highest BCUT2D eigenvalue weighted by atomic mass is 16.3. The zero-order valence-corrected chi connectivity index (χ0v) is 8.70. The third-order valence-electron chi connectivity index (χ3n) is 2.91. The number of hydrogen-bond donors (Lipinski definition) is 3. The number of fused-ring (bicyclic) bond motifs is 3. The largest absolute Gasteiger partial charge is 0.508 e. The molecule has 4 N–H and O–H groups in total. The van der Waals surface area contributed by atoms with E-state index in [9.17, 15) is 5.11 Å². The number of anilines is 1. The predicted octanol–water partition coefficient (Wildman–Crippen LogP) is 2.76. The first kappa shape index (κ1) is 9.09. The summed E-state index contributed by atoms with van der Waals surface area (Å²) in [5, 5.41) is 10.7. The molecule has 0 aliphatic heterocycles. The summed E-state index contributed by atoms with van der Waals surface area (Å²) in [5.41, 5.74) is 9.72. The van der Waals surface area contributed by atoms with Gasteiger partial charge in [0, 0.05) is 17.2 Å². The molecule has 1 aliphatic carbocycles. The first-order valence-electron chi connectivity index (χ1n) is 5.22. The van der Waals surface area contributed by atoms with Crippen molar-refractivity contribution in [1.82, 2.24) is 4.98 Å². The third-order valence-corrected chi connectivity index (χ3v) is 2.91. The summed E-state index contributed by atoms with van der Waals surface area (Å²) >= 11 is 0. The number of aliphatic hydroxyl groups excluding tert-OH is 1. The number of benzene rings is 1. The van der Waals surface area contributed by atoms with E-state index in [1.165, 1.54) is 5.56 Å². The molecule has 2 aromatic rings. The molecule has 0 saturated heterocycles. The fourth-order valence-electron chi connectivity index (χ4n) is 2.15. The quantitative estimate of drug-likeness (QED) is 0.588. The predicted molar refractivity (Wildman–Crippen MR) is 66.2 cm³/mol. The maximum absolute atomic E-state index is 9.55. The summed E-state index contributed by atoms with van der Waals surface area (Å²) < 4.78 is 0. The van der Waals surface area contributed by atoms with E-state index in [1.54, 1.807) is 12.2 Å². The highest BCUT2D eigenvalue weighted by Gasteiger charge is 2.12. The molecule has 0 spiro atoms. The van der Waals surface area contributed by atoms with E-state index < -0.39 is 0 Å². The Morgan fingerprint density at radius 1 is 1.31 bits per heavy atom. The zero-order valence-electron chi connectivity index (χ0n) is 8.70. The van der Waals surface area contributed by atoms with Gasteiger partial charge in [-0.05, 0) is 24.1 Å². The van der Waals surface area contributed by atoms with E-state index in [0.29, 0.717) is 0 Å². The molecule has 0 unspecified atom stereocenters. The number of nitrogens with two attached hydrogens (primary N) is 1. The van der Waals surface area contributed by atoms with Crippen LogP contribution in [0.2, 0.25) is 0 Å². The maximum atomic E-state index is 9.55. The van der Waals surface area contributed by atoms with Gasteiger partial charge in [-0.15, -0.1) is 0 Å². The minimum absolute atomic E-state index is 0.267. The lowest BCUT2D eigenvalue weighted by atomic mass is 10.1. The van der Waals surface area contributed by atoms with Crippen molar-refractivity contribution in [1.29, 1.82) is 0 Å². The number of hydrogen-bond acceptors (Lipinski definition) is 2. The number of aromatic amines is 1. The summed E-state index contributed by atoms with van der Waals surface area (Å²) in [6.45, 7) is 0. The van der Waals surface area contributed by atoms with Crippen LogP contribution < -0.4 is 5.73 Å². The van der Waals surface area contributed by atoms with Crippen LogP contribution >= 0.6 is 0 Å². The molecule has 3 heteroatoms. The van der Waals surface area contributed by atoms with Gasteiger partial charge in [0.2, 0.25) is 0 Å². The van der Waals surface area contributed by atoms with Gasteiger partial charge in [-0.25, -0.2) is 0 Å². The maximum Gasteiger partial charge on any atom is 0.117 e. The second-order valence-corrected chi connectivity index (χ2v) is 3.96. The third kappa shape index (κ3) is 1.21. The SMILES string of the molecule is Nc1cccc2c3c([nH]c12)C=C(O)C=CC3. The Morgan fingerprint density at radius 2 is 2.19 bits per heavy atom. The Kier molecular flexibility index (Phi) is 1.80. The van der Waals surface area contributed by atoms with E-state index in [-0.39, 0.29) is 5.76 Å². The van der Waals surface area contributed by atoms with Gasteiger partial charge in [-0.3, -0.25) is 0 Å². The van der Waals surface area contributed by atoms with E-state index in [4.69, 9.17) is 5.73 Å². The average molecular weight is 212 g/mol. The topological polar surface area (TPSA) is 62.0 Å². The van der Waals surface area contributed by atoms with Crippen molar-refractivity contribution in [2.24, 2.45) is 0 Å².